The quantitative estimate of drug-likeness (QED) is 0.764. The summed E-state index contributed by atoms with van der Waals surface area (Å²) in [6.07, 6.45) is 3.34. The molecule has 2 aromatic carbocycles. The molecule has 0 atom stereocenters. The zero-order chi connectivity index (χ0) is 18.9. The van der Waals surface area contributed by atoms with Crippen molar-refractivity contribution < 1.29 is 19.1 Å². The van der Waals surface area contributed by atoms with Gasteiger partial charge in [-0.25, -0.2) is 0 Å². The van der Waals surface area contributed by atoms with Crippen LogP contribution in [0, 0.1) is 0 Å². The van der Waals surface area contributed by atoms with E-state index in [1.807, 2.05) is 48.5 Å². The van der Waals surface area contributed by atoms with Gasteiger partial charge < -0.3 is 14.4 Å². The molecule has 1 aliphatic carbocycles. The Kier molecular flexibility index (Phi) is 4.60. The van der Waals surface area contributed by atoms with E-state index in [1.165, 1.54) is 0 Å². The predicted octanol–water partition coefficient (Wildman–Crippen LogP) is 3.25. The molecule has 5 heteroatoms. The van der Waals surface area contributed by atoms with Crippen LogP contribution in [0.4, 0.5) is 5.69 Å². The van der Waals surface area contributed by atoms with Crippen LogP contribution in [0.3, 0.4) is 0 Å². The number of benzene rings is 2. The molecule has 0 N–H and O–H groups in total. The van der Waals surface area contributed by atoms with Gasteiger partial charge in [-0.05, 0) is 55.0 Å². The molecule has 0 radical (unpaired) electrons. The summed E-state index contributed by atoms with van der Waals surface area (Å²) < 4.78 is 10.7. The van der Waals surface area contributed by atoms with E-state index < -0.39 is 5.41 Å². The van der Waals surface area contributed by atoms with Crippen molar-refractivity contribution in [3.05, 3.63) is 59.7 Å². The maximum atomic E-state index is 12.7. The predicted molar refractivity (Wildman–Crippen MR) is 102 cm³/mol. The molecule has 0 bridgehead atoms. The first-order valence-corrected chi connectivity index (χ1v) is 9.34. The summed E-state index contributed by atoms with van der Waals surface area (Å²) in [6, 6.07) is 15.4. The summed E-state index contributed by atoms with van der Waals surface area (Å²) in [5.74, 6) is 0.306. The zero-order valence-corrected chi connectivity index (χ0v) is 15.4. The molecule has 1 aliphatic heterocycles. The number of anilines is 1. The molecule has 1 amide bonds. The van der Waals surface area contributed by atoms with Gasteiger partial charge in [0.2, 0.25) is 0 Å². The van der Waals surface area contributed by atoms with Crippen molar-refractivity contribution in [2.45, 2.75) is 31.1 Å². The number of nitrogens with zero attached hydrogens (tertiary/aromatic N) is 1. The van der Waals surface area contributed by atoms with Gasteiger partial charge in [0.1, 0.15) is 5.75 Å². The highest BCUT2D eigenvalue weighted by Crippen LogP contribution is 2.49. The van der Waals surface area contributed by atoms with E-state index in [0.29, 0.717) is 6.54 Å². The minimum Gasteiger partial charge on any atom is -0.497 e. The van der Waals surface area contributed by atoms with Gasteiger partial charge in [0.05, 0.1) is 12.5 Å². The number of carbonyl (C=O) groups is 2. The SMILES string of the molecule is COc1ccc2c(c1)CCCN2C(=O)COC(=O)C1(c2ccccc2)CC1. The lowest BCUT2D eigenvalue weighted by Crippen LogP contribution is -2.39. The van der Waals surface area contributed by atoms with Crippen LogP contribution in [0.2, 0.25) is 0 Å². The van der Waals surface area contributed by atoms with Crippen LogP contribution >= 0.6 is 0 Å². The van der Waals surface area contributed by atoms with Gasteiger partial charge in [0, 0.05) is 12.2 Å². The molecule has 0 unspecified atom stereocenters. The largest absolute Gasteiger partial charge is 0.497 e. The van der Waals surface area contributed by atoms with Crippen LogP contribution < -0.4 is 9.64 Å². The Hall–Kier alpha value is -2.82. The molecule has 140 valence electrons. The highest BCUT2D eigenvalue weighted by molar-refractivity contribution is 5.97. The monoisotopic (exact) mass is 365 g/mol. The number of methoxy groups -OCH3 is 1. The van der Waals surface area contributed by atoms with Gasteiger partial charge in [-0.15, -0.1) is 0 Å². The highest BCUT2D eigenvalue weighted by atomic mass is 16.5. The molecule has 0 aromatic heterocycles. The fraction of sp³-hybridized carbons (Fsp3) is 0.364. The minimum atomic E-state index is -0.561. The number of hydrogen-bond acceptors (Lipinski definition) is 4. The van der Waals surface area contributed by atoms with Gasteiger partial charge in [0.15, 0.2) is 6.61 Å². The molecular weight excluding hydrogens is 342 g/mol. The molecule has 2 aliphatic rings. The van der Waals surface area contributed by atoms with E-state index in [4.69, 9.17) is 9.47 Å². The molecule has 4 rings (SSSR count). The van der Waals surface area contributed by atoms with Crippen molar-refractivity contribution in [3.63, 3.8) is 0 Å². The van der Waals surface area contributed by atoms with E-state index in [0.717, 1.165) is 48.2 Å². The Bertz CT molecular complexity index is 858. The van der Waals surface area contributed by atoms with Gasteiger partial charge >= 0.3 is 5.97 Å². The third kappa shape index (κ3) is 3.29. The van der Waals surface area contributed by atoms with Crippen molar-refractivity contribution in [1.29, 1.82) is 0 Å². The van der Waals surface area contributed by atoms with E-state index in [-0.39, 0.29) is 18.5 Å². The van der Waals surface area contributed by atoms with Gasteiger partial charge in [-0.2, -0.15) is 0 Å². The Morgan fingerprint density at radius 1 is 1.11 bits per heavy atom. The number of carbonyl (C=O) groups excluding carboxylic acids is 2. The van der Waals surface area contributed by atoms with Crippen LogP contribution in [0.5, 0.6) is 5.75 Å². The molecule has 5 nitrogen and oxygen atoms in total. The molecule has 2 aromatic rings. The maximum Gasteiger partial charge on any atom is 0.317 e. The molecule has 1 saturated carbocycles. The first-order valence-electron chi connectivity index (χ1n) is 9.34. The molecule has 27 heavy (non-hydrogen) atoms. The van der Waals surface area contributed by atoms with E-state index in [1.54, 1.807) is 12.0 Å². The second-order valence-corrected chi connectivity index (χ2v) is 7.17. The minimum absolute atomic E-state index is 0.182. The Morgan fingerprint density at radius 3 is 2.59 bits per heavy atom. The van der Waals surface area contributed by atoms with Crippen molar-refractivity contribution >= 4 is 17.6 Å². The molecule has 0 spiro atoms. The summed E-state index contributed by atoms with van der Waals surface area (Å²) in [5, 5.41) is 0. The lowest BCUT2D eigenvalue weighted by Gasteiger charge is -2.29. The van der Waals surface area contributed by atoms with Crippen molar-refractivity contribution in [2.75, 3.05) is 25.2 Å². The Labute approximate surface area is 158 Å². The smallest absolute Gasteiger partial charge is 0.317 e. The van der Waals surface area contributed by atoms with E-state index in [9.17, 15) is 9.59 Å². The fourth-order valence-corrected chi connectivity index (χ4v) is 3.80. The van der Waals surface area contributed by atoms with E-state index >= 15 is 0 Å². The summed E-state index contributed by atoms with van der Waals surface area (Å²) in [4.78, 5) is 27.1. The highest BCUT2D eigenvalue weighted by Gasteiger charge is 2.52. The second kappa shape index (κ2) is 7.06. The van der Waals surface area contributed by atoms with Crippen molar-refractivity contribution in [1.82, 2.24) is 0 Å². The topological polar surface area (TPSA) is 55.8 Å². The number of esters is 1. The van der Waals surface area contributed by atoms with Gasteiger partial charge in [-0.3, -0.25) is 9.59 Å². The second-order valence-electron chi connectivity index (χ2n) is 7.17. The summed E-state index contributed by atoms with van der Waals surface area (Å²) >= 11 is 0. The lowest BCUT2D eigenvalue weighted by molar-refractivity contribution is -0.150. The summed E-state index contributed by atoms with van der Waals surface area (Å²) in [6.45, 7) is 0.415. The molecule has 1 heterocycles. The summed E-state index contributed by atoms with van der Waals surface area (Å²) in [7, 11) is 1.63. The average molecular weight is 365 g/mol. The standard InChI is InChI=1S/C22H23NO4/c1-26-18-9-10-19-16(14-18)6-5-13-23(19)20(24)15-27-21(25)22(11-12-22)17-7-3-2-4-8-17/h2-4,7-10,14H,5-6,11-13,15H2,1H3. The van der Waals surface area contributed by atoms with Crippen LogP contribution in [0.1, 0.15) is 30.4 Å². The number of fused-ring (bicyclic) bond motifs is 1. The Balaban J connectivity index is 1.43. The van der Waals surface area contributed by atoms with Crippen molar-refractivity contribution in [2.24, 2.45) is 0 Å². The average Bonchev–Trinajstić information content (AvgIpc) is 3.53. The number of hydrogen-bond donors (Lipinski definition) is 0. The van der Waals surface area contributed by atoms with Crippen LogP contribution in [0.15, 0.2) is 48.5 Å². The normalized spacial score (nSPS) is 17.0. The third-order valence-corrected chi connectivity index (χ3v) is 5.50. The zero-order valence-electron chi connectivity index (χ0n) is 15.4. The van der Waals surface area contributed by atoms with Gasteiger partial charge in [0.25, 0.3) is 5.91 Å². The number of aryl methyl sites for hydroxylation is 1. The first-order chi connectivity index (χ1) is 13.1. The number of rotatable bonds is 5. The number of ether oxygens (including phenoxy) is 2. The van der Waals surface area contributed by atoms with Gasteiger partial charge in [-0.1, -0.05) is 30.3 Å². The third-order valence-electron chi connectivity index (χ3n) is 5.50. The van der Waals surface area contributed by atoms with Crippen LogP contribution in [-0.2, 0) is 26.2 Å². The number of amides is 1. The van der Waals surface area contributed by atoms with Crippen LogP contribution in [-0.4, -0.2) is 32.1 Å². The Morgan fingerprint density at radius 2 is 1.89 bits per heavy atom. The molecule has 0 saturated heterocycles. The first kappa shape index (κ1) is 17.6. The van der Waals surface area contributed by atoms with Crippen molar-refractivity contribution in [3.8, 4) is 5.75 Å². The summed E-state index contributed by atoms with van der Waals surface area (Å²) in [5.41, 5.74) is 2.38. The van der Waals surface area contributed by atoms with Crippen LogP contribution in [0.25, 0.3) is 0 Å². The maximum absolute atomic E-state index is 12.7. The lowest BCUT2D eigenvalue weighted by atomic mass is 9.96. The fourth-order valence-electron chi connectivity index (χ4n) is 3.80. The molecule has 1 fully saturated rings. The molecular formula is C22H23NO4. The van der Waals surface area contributed by atoms with E-state index in [2.05, 4.69) is 0 Å².